The van der Waals surface area contributed by atoms with Gasteiger partial charge >= 0.3 is 0 Å². The molecule has 1 N–H and O–H groups in total. The molecule has 110 valence electrons. The molecule has 0 aromatic heterocycles. The molecule has 0 radical (unpaired) electrons. The average molecular weight is 283 g/mol. The lowest BCUT2D eigenvalue weighted by Crippen LogP contribution is -2.27. The van der Waals surface area contributed by atoms with E-state index in [1.54, 1.807) is 12.1 Å². The van der Waals surface area contributed by atoms with Crippen molar-refractivity contribution in [1.29, 1.82) is 0 Å². The van der Waals surface area contributed by atoms with Gasteiger partial charge in [-0.2, -0.15) is 0 Å². The van der Waals surface area contributed by atoms with Gasteiger partial charge in [0.1, 0.15) is 0 Å². The summed E-state index contributed by atoms with van der Waals surface area (Å²) in [6, 6.07) is 19.6. The Morgan fingerprint density at radius 3 is 2.29 bits per heavy atom. The molecule has 0 aliphatic rings. The van der Waals surface area contributed by atoms with Gasteiger partial charge in [0.05, 0.1) is 6.61 Å². The number of benzene rings is 2. The maximum Gasteiger partial charge on any atom is 0.251 e. The van der Waals surface area contributed by atoms with E-state index in [9.17, 15) is 4.79 Å². The van der Waals surface area contributed by atoms with Crippen LogP contribution >= 0.6 is 0 Å². The van der Waals surface area contributed by atoms with E-state index in [-0.39, 0.29) is 5.91 Å². The zero-order valence-electron chi connectivity index (χ0n) is 12.1. The van der Waals surface area contributed by atoms with Gasteiger partial charge in [-0.15, -0.1) is 0 Å². The minimum absolute atomic E-state index is 0.0523. The minimum Gasteiger partial charge on any atom is -0.380 e. The molecular formula is C18H21NO2. The van der Waals surface area contributed by atoms with E-state index >= 15 is 0 Å². The summed E-state index contributed by atoms with van der Waals surface area (Å²) in [4.78, 5) is 11.8. The fourth-order valence-electron chi connectivity index (χ4n) is 2.05. The number of carbonyl (C=O) groups excluding carboxylic acids is 1. The third kappa shape index (κ3) is 5.79. The monoisotopic (exact) mass is 283 g/mol. The van der Waals surface area contributed by atoms with Crippen LogP contribution in [0.2, 0.25) is 0 Å². The maximum absolute atomic E-state index is 11.8. The van der Waals surface area contributed by atoms with E-state index < -0.39 is 0 Å². The van der Waals surface area contributed by atoms with Crippen LogP contribution in [0.15, 0.2) is 60.7 Å². The predicted molar refractivity (Wildman–Crippen MR) is 84.4 cm³/mol. The summed E-state index contributed by atoms with van der Waals surface area (Å²) in [5.41, 5.74) is 2.01. The van der Waals surface area contributed by atoms with E-state index in [1.807, 2.05) is 24.3 Å². The fraction of sp³-hybridized carbons (Fsp3) is 0.278. The van der Waals surface area contributed by atoms with Crippen LogP contribution in [0.5, 0.6) is 0 Å². The Bertz CT molecular complexity index is 525. The Morgan fingerprint density at radius 1 is 0.905 bits per heavy atom. The summed E-state index contributed by atoms with van der Waals surface area (Å²) in [7, 11) is 0. The summed E-state index contributed by atoms with van der Waals surface area (Å²) in [6.45, 7) is 1.81. The smallest absolute Gasteiger partial charge is 0.251 e. The number of nitrogens with one attached hydrogen (secondary N) is 1. The van der Waals surface area contributed by atoms with Gasteiger partial charge in [-0.1, -0.05) is 48.5 Å². The van der Waals surface area contributed by atoms with Gasteiger partial charge in [-0.25, -0.2) is 0 Å². The van der Waals surface area contributed by atoms with Crippen LogP contribution in [-0.4, -0.2) is 25.7 Å². The number of aryl methyl sites for hydroxylation is 1. The van der Waals surface area contributed by atoms with Gasteiger partial charge in [0.25, 0.3) is 5.91 Å². The first-order valence-electron chi connectivity index (χ1n) is 7.31. The van der Waals surface area contributed by atoms with Crippen LogP contribution in [0.1, 0.15) is 22.3 Å². The average Bonchev–Trinajstić information content (AvgIpc) is 2.55. The topological polar surface area (TPSA) is 38.3 Å². The molecule has 0 atom stereocenters. The molecule has 2 aromatic rings. The summed E-state index contributed by atoms with van der Waals surface area (Å²) in [6.07, 6.45) is 2.02. The molecular weight excluding hydrogens is 262 g/mol. The molecule has 0 bridgehead atoms. The number of rotatable bonds is 8. The quantitative estimate of drug-likeness (QED) is 0.756. The highest BCUT2D eigenvalue weighted by Gasteiger charge is 2.02. The molecule has 1 amide bonds. The molecule has 0 spiro atoms. The second-order valence-electron chi connectivity index (χ2n) is 4.82. The second kappa shape index (κ2) is 8.93. The SMILES string of the molecule is O=C(NCCOCCCc1ccccc1)c1ccccc1. The van der Waals surface area contributed by atoms with Crippen LogP contribution < -0.4 is 5.32 Å². The molecule has 0 unspecified atom stereocenters. The molecule has 0 fully saturated rings. The van der Waals surface area contributed by atoms with Crippen molar-refractivity contribution in [1.82, 2.24) is 5.32 Å². The van der Waals surface area contributed by atoms with E-state index in [2.05, 4.69) is 29.6 Å². The third-order valence-electron chi connectivity index (χ3n) is 3.16. The number of hydrogen-bond donors (Lipinski definition) is 1. The lowest BCUT2D eigenvalue weighted by atomic mass is 10.1. The summed E-state index contributed by atoms with van der Waals surface area (Å²) in [5.74, 6) is -0.0523. The predicted octanol–water partition coefficient (Wildman–Crippen LogP) is 3.07. The molecule has 21 heavy (non-hydrogen) atoms. The standard InChI is InChI=1S/C18H21NO2/c20-18(17-11-5-2-6-12-17)19-13-15-21-14-7-10-16-8-3-1-4-9-16/h1-6,8-9,11-12H,7,10,13-15H2,(H,19,20). The number of carbonyl (C=O) groups is 1. The van der Waals surface area contributed by atoms with Crippen LogP contribution in [0.3, 0.4) is 0 Å². The Balaban J connectivity index is 1.51. The molecule has 0 saturated heterocycles. The summed E-state index contributed by atoms with van der Waals surface area (Å²) >= 11 is 0. The normalized spacial score (nSPS) is 10.3. The van der Waals surface area contributed by atoms with Gasteiger partial charge in [-0.05, 0) is 30.5 Å². The largest absolute Gasteiger partial charge is 0.380 e. The molecule has 0 saturated carbocycles. The van der Waals surface area contributed by atoms with Gasteiger partial charge in [-0.3, -0.25) is 4.79 Å². The first-order chi connectivity index (χ1) is 10.4. The van der Waals surface area contributed by atoms with Crippen LogP contribution in [0.4, 0.5) is 0 Å². The highest BCUT2D eigenvalue weighted by molar-refractivity contribution is 5.94. The molecule has 0 aliphatic heterocycles. The molecule has 2 aromatic carbocycles. The van der Waals surface area contributed by atoms with Crippen LogP contribution in [0, 0.1) is 0 Å². The first kappa shape index (κ1) is 15.3. The lowest BCUT2D eigenvalue weighted by Gasteiger charge is -2.06. The molecule has 2 rings (SSSR count). The van der Waals surface area contributed by atoms with Crippen molar-refractivity contribution in [2.45, 2.75) is 12.8 Å². The Hall–Kier alpha value is -2.13. The van der Waals surface area contributed by atoms with Crippen molar-refractivity contribution in [3.8, 4) is 0 Å². The number of ether oxygens (including phenoxy) is 1. The molecule has 3 heteroatoms. The van der Waals surface area contributed by atoms with E-state index in [1.165, 1.54) is 5.56 Å². The number of hydrogen-bond acceptors (Lipinski definition) is 2. The van der Waals surface area contributed by atoms with Gasteiger partial charge < -0.3 is 10.1 Å². The van der Waals surface area contributed by atoms with Crippen molar-refractivity contribution in [3.63, 3.8) is 0 Å². The van der Waals surface area contributed by atoms with Crippen molar-refractivity contribution in [2.24, 2.45) is 0 Å². The first-order valence-corrected chi connectivity index (χ1v) is 7.31. The highest BCUT2D eigenvalue weighted by atomic mass is 16.5. The zero-order valence-corrected chi connectivity index (χ0v) is 12.1. The van der Waals surface area contributed by atoms with Gasteiger partial charge in [0.15, 0.2) is 0 Å². The Labute approximate surface area is 126 Å². The minimum atomic E-state index is -0.0523. The van der Waals surface area contributed by atoms with Crippen molar-refractivity contribution in [3.05, 3.63) is 71.8 Å². The highest BCUT2D eigenvalue weighted by Crippen LogP contribution is 2.02. The molecule has 0 aliphatic carbocycles. The van der Waals surface area contributed by atoms with Crippen molar-refractivity contribution in [2.75, 3.05) is 19.8 Å². The van der Waals surface area contributed by atoms with E-state index in [0.29, 0.717) is 18.7 Å². The lowest BCUT2D eigenvalue weighted by molar-refractivity contribution is 0.0913. The number of amides is 1. The van der Waals surface area contributed by atoms with Gasteiger partial charge in [0.2, 0.25) is 0 Å². The molecule has 0 heterocycles. The van der Waals surface area contributed by atoms with E-state index in [4.69, 9.17) is 4.74 Å². The van der Waals surface area contributed by atoms with Crippen LogP contribution in [-0.2, 0) is 11.2 Å². The van der Waals surface area contributed by atoms with Gasteiger partial charge in [0, 0.05) is 18.7 Å². The Kier molecular flexibility index (Phi) is 6.49. The van der Waals surface area contributed by atoms with E-state index in [0.717, 1.165) is 19.4 Å². The van der Waals surface area contributed by atoms with Crippen molar-refractivity contribution < 1.29 is 9.53 Å². The fourth-order valence-corrected chi connectivity index (χ4v) is 2.05. The Morgan fingerprint density at radius 2 is 1.57 bits per heavy atom. The van der Waals surface area contributed by atoms with Crippen molar-refractivity contribution >= 4 is 5.91 Å². The summed E-state index contributed by atoms with van der Waals surface area (Å²) < 4.78 is 5.53. The maximum atomic E-state index is 11.8. The second-order valence-corrected chi connectivity index (χ2v) is 4.82. The summed E-state index contributed by atoms with van der Waals surface area (Å²) in [5, 5.41) is 2.84. The third-order valence-corrected chi connectivity index (χ3v) is 3.16. The van der Waals surface area contributed by atoms with Crippen LogP contribution in [0.25, 0.3) is 0 Å². The zero-order chi connectivity index (χ0) is 14.8. The molecule has 3 nitrogen and oxygen atoms in total.